The first-order valence-corrected chi connectivity index (χ1v) is 9.33. The number of hydrogen-bond acceptors (Lipinski definition) is 6. The number of rotatable bonds is 5. The molecule has 3 aromatic rings. The normalized spacial score (nSPS) is 13.8. The van der Waals surface area contributed by atoms with Gasteiger partial charge in [0.2, 0.25) is 0 Å². The number of aryl methyl sites for hydroxylation is 1. The highest BCUT2D eigenvalue weighted by molar-refractivity contribution is 6.28. The van der Waals surface area contributed by atoms with Crippen molar-refractivity contribution in [2.24, 2.45) is 5.10 Å². The number of hydrogen-bond donors (Lipinski definition) is 0. The van der Waals surface area contributed by atoms with E-state index in [9.17, 15) is 18.4 Å². The van der Waals surface area contributed by atoms with Gasteiger partial charge in [-0.3, -0.25) is 4.68 Å². The molecule has 0 unspecified atom stereocenters. The summed E-state index contributed by atoms with van der Waals surface area (Å²) in [5.41, 5.74) is 2.55. The molecule has 2 aromatic heterocycles. The Morgan fingerprint density at radius 1 is 1.23 bits per heavy atom. The largest absolute Gasteiger partial charge is 0.618 e. The quantitative estimate of drug-likeness (QED) is 0.335. The third-order valence-electron chi connectivity index (χ3n) is 4.36. The van der Waals surface area contributed by atoms with Gasteiger partial charge in [-0.15, -0.1) is 18.3 Å². The van der Waals surface area contributed by atoms with Gasteiger partial charge in [0.05, 0.1) is 12.2 Å². The van der Waals surface area contributed by atoms with Crippen LogP contribution in [-0.4, -0.2) is 28.8 Å². The molecule has 0 fully saturated rings. The van der Waals surface area contributed by atoms with Crippen LogP contribution in [0.2, 0.25) is 5.15 Å². The molecule has 0 saturated carbocycles. The first kappa shape index (κ1) is 20.8. The van der Waals surface area contributed by atoms with Crippen LogP contribution in [0.1, 0.15) is 17.0 Å². The number of benzene rings is 1. The Labute approximate surface area is 179 Å². The summed E-state index contributed by atoms with van der Waals surface area (Å²) in [6.45, 7) is 2.28. The van der Waals surface area contributed by atoms with Crippen LogP contribution < -0.4 is 14.5 Å². The van der Waals surface area contributed by atoms with E-state index in [1.165, 1.54) is 41.5 Å². The fourth-order valence-electron chi connectivity index (χ4n) is 2.91. The smallest absolute Gasteiger partial charge is 0.573 e. The molecule has 4 rings (SSSR count). The van der Waals surface area contributed by atoms with Gasteiger partial charge in [0.1, 0.15) is 11.4 Å². The van der Waals surface area contributed by atoms with Crippen molar-refractivity contribution in [3.05, 3.63) is 76.0 Å². The van der Waals surface area contributed by atoms with E-state index in [0.717, 1.165) is 5.69 Å². The number of hydrazone groups is 1. The number of ether oxygens (including phenoxy) is 2. The summed E-state index contributed by atoms with van der Waals surface area (Å²) in [6, 6.07) is 10.3. The number of nitrogens with zero attached hydrogens (tertiary/aromatic N) is 5. The molecule has 0 atom stereocenters. The van der Waals surface area contributed by atoms with E-state index in [1.54, 1.807) is 16.8 Å². The fourth-order valence-corrected chi connectivity index (χ4v) is 3.02. The van der Waals surface area contributed by atoms with Crippen molar-refractivity contribution in [3.63, 3.8) is 0 Å². The average Bonchev–Trinajstić information content (AvgIpc) is 3.32. The topological polar surface area (TPSA) is 78.8 Å². The van der Waals surface area contributed by atoms with Crippen LogP contribution in [0.5, 0.6) is 5.75 Å². The van der Waals surface area contributed by atoms with Crippen molar-refractivity contribution in [3.8, 4) is 5.75 Å². The monoisotopic (exact) mass is 453 g/mol. The molecule has 0 amide bonds. The van der Waals surface area contributed by atoms with Crippen molar-refractivity contribution in [1.82, 2.24) is 9.78 Å². The minimum atomic E-state index is -4.75. The highest BCUT2D eigenvalue weighted by Crippen LogP contribution is 2.27. The standard InChI is InChI=1S/C19H15ClF3N5O3/c1-12-8-16(24-26(12)9-13-2-7-17(20)28(29)10-13)18-25-27(11-30-18)14-3-5-15(6-4-14)31-19(21,22)23/h2-8,10H,9,11H2,1H3. The molecule has 12 heteroatoms. The van der Waals surface area contributed by atoms with E-state index >= 15 is 0 Å². The van der Waals surface area contributed by atoms with E-state index in [2.05, 4.69) is 14.9 Å². The lowest BCUT2D eigenvalue weighted by Crippen LogP contribution is -2.27. The Bertz CT molecular complexity index is 1130. The molecule has 31 heavy (non-hydrogen) atoms. The summed E-state index contributed by atoms with van der Waals surface area (Å²) < 4.78 is 48.6. The maximum Gasteiger partial charge on any atom is 0.573 e. The summed E-state index contributed by atoms with van der Waals surface area (Å²) in [6.07, 6.45) is -3.37. The Morgan fingerprint density at radius 2 is 1.97 bits per heavy atom. The second-order valence-electron chi connectivity index (χ2n) is 6.63. The SMILES string of the molecule is Cc1cc(C2=NN(c3ccc(OC(F)(F)F)cc3)CO2)nn1Cc1ccc(Cl)[n+]([O-])c1. The van der Waals surface area contributed by atoms with Gasteiger partial charge in [0.25, 0.3) is 11.1 Å². The average molecular weight is 454 g/mol. The van der Waals surface area contributed by atoms with Gasteiger partial charge in [-0.05, 0) is 54.9 Å². The first-order chi connectivity index (χ1) is 14.7. The lowest BCUT2D eigenvalue weighted by molar-refractivity contribution is -0.603. The van der Waals surface area contributed by atoms with Crippen LogP contribution in [0.15, 0.2) is 53.8 Å². The van der Waals surface area contributed by atoms with E-state index in [0.29, 0.717) is 28.2 Å². The van der Waals surface area contributed by atoms with Gasteiger partial charge in [0, 0.05) is 17.3 Å². The van der Waals surface area contributed by atoms with Crippen LogP contribution in [0, 0.1) is 12.1 Å². The van der Waals surface area contributed by atoms with E-state index in [-0.39, 0.29) is 23.5 Å². The maximum absolute atomic E-state index is 12.3. The van der Waals surface area contributed by atoms with Crippen molar-refractivity contribution in [2.45, 2.75) is 19.8 Å². The minimum Gasteiger partial charge on any atom is -0.618 e. The second-order valence-corrected chi connectivity index (χ2v) is 7.02. The Kier molecular flexibility index (Phi) is 5.36. The number of alkyl halides is 3. The summed E-state index contributed by atoms with van der Waals surface area (Å²) >= 11 is 5.74. The summed E-state index contributed by atoms with van der Waals surface area (Å²) in [5, 5.41) is 22.0. The zero-order chi connectivity index (χ0) is 22.2. The minimum absolute atomic E-state index is 0.0773. The Hall–Kier alpha value is -3.47. The van der Waals surface area contributed by atoms with Gasteiger partial charge in [-0.1, -0.05) is 0 Å². The molecule has 8 nitrogen and oxygen atoms in total. The van der Waals surface area contributed by atoms with Crippen molar-refractivity contribution in [1.29, 1.82) is 0 Å². The second kappa shape index (κ2) is 7.99. The first-order valence-electron chi connectivity index (χ1n) is 8.95. The molecule has 0 N–H and O–H groups in total. The van der Waals surface area contributed by atoms with Crippen LogP contribution in [-0.2, 0) is 11.3 Å². The van der Waals surface area contributed by atoms with Crippen molar-refractivity contribution < 1.29 is 27.4 Å². The predicted molar refractivity (Wildman–Crippen MR) is 105 cm³/mol. The number of anilines is 1. The molecular weight excluding hydrogens is 439 g/mol. The van der Waals surface area contributed by atoms with Gasteiger partial charge < -0.3 is 14.7 Å². The van der Waals surface area contributed by atoms with E-state index in [1.807, 2.05) is 6.92 Å². The highest BCUT2D eigenvalue weighted by atomic mass is 35.5. The molecule has 1 aliphatic heterocycles. The van der Waals surface area contributed by atoms with Crippen molar-refractivity contribution in [2.75, 3.05) is 11.7 Å². The predicted octanol–water partition coefficient (Wildman–Crippen LogP) is 3.58. The molecule has 3 heterocycles. The molecule has 0 spiro atoms. The molecule has 1 aliphatic rings. The highest BCUT2D eigenvalue weighted by Gasteiger charge is 2.31. The van der Waals surface area contributed by atoms with Gasteiger partial charge in [-0.25, -0.2) is 5.01 Å². The number of pyridine rings is 1. The summed E-state index contributed by atoms with van der Waals surface area (Å²) in [7, 11) is 0. The molecule has 1 aromatic carbocycles. The lowest BCUT2D eigenvalue weighted by Gasteiger charge is -2.13. The van der Waals surface area contributed by atoms with Gasteiger partial charge >= 0.3 is 6.36 Å². The van der Waals surface area contributed by atoms with Gasteiger partial charge in [-0.2, -0.15) is 9.83 Å². The Morgan fingerprint density at radius 3 is 2.65 bits per heavy atom. The molecule has 0 saturated heterocycles. The summed E-state index contributed by atoms with van der Waals surface area (Å²) in [5.74, 6) is -0.0519. The van der Waals surface area contributed by atoms with Crippen LogP contribution in [0.4, 0.5) is 18.9 Å². The zero-order valence-corrected chi connectivity index (χ0v) is 16.8. The van der Waals surface area contributed by atoms with E-state index in [4.69, 9.17) is 16.3 Å². The van der Waals surface area contributed by atoms with Gasteiger partial charge in [0.15, 0.2) is 12.9 Å². The molecule has 0 radical (unpaired) electrons. The van der Waals surface area contributed by atoms with Crippen LogP contribution >= 0.6 is 11.6 Å². The van der Waals surface area contributed by atoms with Crippen molar-refractivity contribution >= 4 is 23.2 Å². The molecule has 162 valence electrons. The molecule has 0 aliphatic carbocycles. The number of halogens is 4. The Balaban J connectivity index is 1.48. The zero-order valence-electron chi connectivity index (χ0n) is 16.0. The van der Waals surface area contributed by atoms with E-state index < -0.39 is 6.36 Å². The van der Waals surface area contributed by atoms with Crippen LogP contribution in [0.25, 0.3) is 0 Å². The summed E-state index contributed by atoms with van der Waals surface area (Å²) in [4.78, 5) is 0. The third kappa shape index (κ3) is 4.82. The lowest BCUT2D eigenvalue weighted by atomic mass is 10.3. The fraction of sp³-hybridized carbons (Fsp3) is 0.211. The third-order valence-corrected chi connectivity index (χ3v) is 4.66. The number of aromatic nitrogens is 3. The molecule has 0 bridgehead atoms. The molecular formula is C19H15ClF3N5O3. The maximum atomic E-state index is 12.3. The van der Waals surface area contributed by atoms with Crippen LogP contribution in [0.3, 0.4) is 0 Å².